The zero-order valence-corrected chi connectivity index (χ0v) is 18.5. The first-order valence-electron chi connectivity index (χ1n) is 10.7. The van der Waals surface area contributed by atoms with Crippen molar-refractivity contribution >= 4 is 31.7 Å². The number of hydrogen-bond acceptors (Lipinski definition) is 5. The number of rotatable bonds is 4. The van der Waals surface area contributed by atoms with Gasteiger partial charge in [0.05, 0.1) is 21.8 Å². The van der Waals surface area contributed by atoms with Crippen LogP contribution >= 0.6 is 0 Å². The van der Waals surface area contributed by atoms with Gasteiger partial charge in [0.1, 0.15) is 5.82 Å². The van der Waals surface area contributed by atoms with Gasteiger partial charge in [-0.2, -0.15) is 4.31 Å². The zero-order chi connectivity index (χ0) is 22.3. The van der Waals surface area contributed by atoms with Gasteiger partial charge >= 0.3 is 0 Å². The summed E-state index contributed by atoms with van der Waals surface area (Å²) in [6.45, 7) is 3.88. The summed E-state index contributed by atoms with van der Waals surface area (Å²) < 4.78 is 28.0. The number of piperazine rings is 1. The molecule has 1 aliphatic heterocycles. The van der Waals surface area contributed by atoms with E-state index in [1.165, 1.54) is 4.31 Å². The van der Waals surface area contributed by atoms with Crippen LogP contribution in [0.3, 0.4) is 0 Å². The van der Waals surface area contributed by atoms with Crippen molar-refractivity contribution in [2.24, 2.45) is 0 Å². The Hall–Kier alpha value is -3.07. The summed E-state index contributed by atoms with van der Waals surface area (Å²) in [5.41, 5.74) is 0.505. The molecule has 1 fully saturated rings. The van der Waals surface area contributed by atoms with Crippen LogP contribution in [-0.4, -0.2) is 53.8 Å². The van der Waals surface area contributed by atoms with Gasteiger partial charge in [0.15, 0.2) is 0 Å². The van der Waals surface area contributed by atoms with E-state index in [0.717, 1.165) is 10.8 Å². The van der Waals surface area contributed by atoms with E-state index in [4.69, 9.17) is 0 Å². The average molecular weight is 449 g/mol. The van der Waals surface area contributed by atoms with E-state index < -0.39 is 10.0 Å². The molecule has 2 heterocycles. The van der Waals surface area contributed by atoms with E-state index in [0.29, 0.717) is 47.8 Å². The summed E-state index contributed by atoms with van der Waals surface area (Å²) in [5, 5.41) is 2.49. The minimum atomic E-state index is -3.57. The summed E-state index contributed by atoms with van der Waals surface area (Å²) >= 11 is 0. The van der Waals surface area contributed by atoms with Crippen LogP contribution in [0.25, 0.3) is 21.7 Å². The molecule has 0 aliphatic carbocycles. The number of H-pyrrole nitrogens is 1. The number of nitrogens with one attached hydrogen (secondary N) is 1. The van der Waals surface area contributed by atoms with Crippen molar-refractivity contribution in [3.05, 3.63) is 82.9 Å². The summed E-state index contributed by atoms with van der Waals surface area (Å²) in [6.07, 6.45) is 0. The second-order valence-electron chi connectivity index (χ2n) is 8.09. The van der Waals surface area contributed by atoms with E-state index in [-0.39, 0.29) is 11.6 Å². The van der Waals surface area contributed by atoms with Crippen LogP contribution in [0.15, 0.2) is 76.4 Å². The molecule has 1 aromatic heterocycles. The molecule has 0 bridgehead atoms. The molecule has 1 unspecified atom stereocenters. The second kappa shape index (κ2) is 8.12. The number of benzene rings is 3. The van der Waals surface area contributed by atoms with Crippen LogP contribution in [0.4, 0.5) is 0 Å². The number of hydrogen-bond donors (Lipinski definition) is 1. The number of sulfonamides is 1. The predicted octanol–water partition coefficient (Wildman–Crippen LogP) is 3.14. The Morgan fingerprint density at radius 3 is 2.38 bits per heavy atom. The van der Waals surface area contributed by atoms with Crippen molar-refractivity contribution in [2.75, 3.05) is 26.2 Å². The quantitative estimate of drug-likeness (QED) is 0.518. The fraction of sp³-hybridized carbons (Fsp3) is 0.250. The van der Waals surface area contributed by atoms with Gasteiger partial charge in [-0.15, -0.1) is 0 Å². The maximum absolute atomic E-state index is 13.2. The van der Waals surface area contributed by atoms with Gasteiger partial charge in [-0.3, -0.25) is 9.69 Å². The molecule has 8 heteroatoms. The molecule has 4 aromatic rings. The molecular weight excluding hydrogens is 424 g/mol. The molecule has 3 aromatic carbocycles. The Kier molecular flexibility index (Phi) is 5.28. The molecule has 0 saturated carbocycles. The normalized spacial score (nSPS) is 17.0. The maximum Gasteiger partial charge on any atom is 0.258 e. The summed E-state index contributed by atoms with van der Waals surface area (Å²) in [4.78, 5) is 22.4. The van der Waals surface area contributed by atoms with Gasteiger partial charge < -0.3 is 4.98 Å². The third kappa shape index (κ3) is 3.70. The first-order valence-corrected chi connectivity index (χ1v) is 12.1. The molecule has 1 aliphatic rings. The van der Waals surface area contributed by atoms with Crippen LogP contribution in [0.5, 0.6) is 0 Å². The van der Waals surface area contributed by atoms with Crippen LogP contribution < -0.4 is 5.56 Å². The Balaban J connectivity index is 1.33. The molecule has 5 rings (SSSR count). The van der Waals surface area contributed by atoms with Crippen molar-refractivity contribution in [1.82, 2.24) is 19.2 Å². The molecule has 164 valence electrons. The maximum atomic E-state index is 13.2. The van der Waals surface area contributed by atoms with Gasteiger partial charge in [0.25, 0.3) is 5.56 Å². The Labute approximate surface area is 186 Å². The molecule has 1 saturated heterocycles. The number of fused-ring (bicyclic) bond motifs is 2. The minimum Gasteiger partial charge on any atom is -0.309 e. The molecule has 0 spiro atoms. The van der Waals surface area contributed by atoms with E-state index in [2.05, 4.69) is 14.9 Å². The third-order valence-electron chi connectivity index (χ3n) is 6.21. The van der Waals surface area contributed by atoms with Crippen molar-refractivity contribution in [1.29, 1.82) is 0 Å². The van der Waals surface area contributed by atoms with E-state index in [1.807, 2.05) is 55.5 Å². The summed E-state index contributed by atoms with van der Waals surface area (Å²) in [5.74, 6) is 0.597. The highest BCUT2D eigenvalue weighted by Gasteiger charge is 2.31. The second-order valence-corrected chi connectivity index (χ2v) is 10.0. The molecule has 0 amide bonds. The molecule has 32 heavy (non-hydrogen) atoms. The lowest BCUT2D eigenvalue weighted by atomic mass is 10.1. The van der Waals surface area contributed by atoms with E-state index >= 15 is 0 Å². The lowest BCUT2D eigenvalue weighted by Gasteiger charge is -2.37. The Bertz CT molecular complexity index is 1460. The van der Waals surface area contributed by atoms with Crippen LogP contribution in [-0.2, 0) is 10.0 Å². The smallest absolute Gasteiger partial charge is 0.258 e. The number of aromatic nitrogens is 2. The first-order chi connectivity index (χ1) is 15.4. The fourth-order valence-corrected chi connectivity index (χ4v) is 5.74. The van der Waals surface area contributed by atoms with Crippen molar-refractivity contribution in [3.8, 4) is 0 Å². The van der Waals surface area contributed by atoms with Crippen LogP contribution in [0.2, 0.25) is 0 Å². The monoisotopic (exact) mass is 448 g/mol. The predicted molar refractivity (Wildman–Crippen MR) is 125 cm³/mol. The Morgan fingerprint density at radius 2 is 1.59 bits per heavy atom. The Morgan fingerprint density at radius 1 is 0.906 bits per heavy atom. The molecule has 1 N–H and O–H groups in total. The summed E-state index contributed by atoms with van der Waals surface area (Å²) in [6, 6.07) is 20.1. The van der Waals surface area contributed by atoms with Gasteiger partial charge in [-0.1, -0.05) is 42.5 Å². The van der Waals surface area contributed by atoms with Crippen molar-refractivity contribution in [3.63, 3.8) is 0 Å². The minimum absolute atomic E-state index is 0.127. The highest BCUT2D eigenvalue weighted by atomic mass is 32.2. The third-order valence-corrected chi connectivity index (χ3v) is 8.10. The highest BCUT2D eigenvalue weighted by molar-refractivity contribution is 7.89. The van der Waals surface area contributed by atoms with Crippen LogP contribution in [0.1, 0.15) is 18.8 Å². The fourth-order valence-electron chi connectivity index (χ4n) is 4.28. The van der Waals surface area contributed by atoms with Crippen molar-refractivity contribution in [2.45, 2.75) is 17.9 Å². The van der Waals surface area contributed by atoms with E-state index in [9.17, 15) is 13.2 Å². The number of aromatic amines is 1. The first kappa shape index (κ1) is 20.8. The standard InChI is InChI=1S/C24H24N4O3S/c1-17(23-25-22-9-5-4-8-21(22)24(29)26-23)27-12-14-28(15-13-27)32(30,31)20-11-10-18-6-2-3-7-19(18)16-20/h2-11,16-17H,12-15H2,1H3,(H,25,26,29). The highest BCUT2D eigenvalue weighted by Crippen LogP contribution is 2.25. The lowest BCUT2D eigenvalue weighted by molar-refractivity contribution is 0.141. The molecule has 0 radical (unpaired) electrons. The van der Waals surface area contributed by atoms with Crippen molar-refractivity contribution < 1.29 is 8.42 Å². The average Bonchev–Trinajstić information content (AvgIpc) is 2.83. The molecule has 1 atom stereocenters. The lowest BCUT2D eigenvalue weighted by Crippen LogP contribution is -2.49. The largest absolute Gasteiger partial charge is 0.309 e. The molecule has 7 nitrogen and oxygen atoms in total. The zero-order valence-electron chi connectivity index (χ0n) is 17.7. The topological polar surface area (TPSA) is 86.4 Å². The van der Waals surface area contributed by atoms with E-state index in [1.54, 1.807) is 18.2 Å². The van der Waals surface area contributed by atoms with Gasteiger partial charge in [-0.05, 0) is 42.0 Å². The molecular formula is C24H24N4O3S. The van der Waals surface area contributed by atoms with Gasteiger partial charge in [0, 0.05) is 26.2 Å². The van der Waals surface area contributed by atoms with Crippen LogP contribution in [0, 0.1) is 0 Å². The van der Waals surface area contributed by atoms with Gasteiger partial charge in [-0.25, -0.2) is 13.4 Å². The number of para-hydroxylation sites is 1. The SMILES string of the molecule is CC(c1nc2ccccc2c(=O)[nH]1)N1CCN(S(=O)(=O)c2ccc3ccccc3c2)CC1. The van der Waals surface area contributed by atoms with Gasteiger partial charge in [0.2, 0.25) is 10.0 Å². The summed E-state index contributed by atoms with van der Waals surface area (Å²) in [7, 11) is -3.57. The number of nitrogens with zero attached hydrogens (tertiary/aromatic N) is 3.